The maximum absolute atomic E-state index is 12.1. The lowest BCUT2D eigenvalue weighted by molar-refractivity contribution is -0.143. The highest BCUT2D eigenvalue weighted by Crippen LogP contribution is 2.49. The summed E-state index contributed by atoms with van der Waals surface area (Å²) >= 11 is 6.61. The minimum absolute atomic E-state index is 0.157. The fraction of sp³-hybridized carbons (Fsp3) is 0.435. The molecule has 0 radical (unpaired) electrons. The van der Waals surface area contributed by atoms with Crippen LogP contribution < -0.4 is 5.46 Å². The van der Waals surface area contributed by atoms with Crippen molar-refractivity contribution in [2.24, 2.45) is 0 Å². The Kier molecular flexibility index (Phi) is 4.84. The Bertz CT molecular complexity index is 932. The Labute approximate surface area is 177 Å². The predicted octanol–water partition coefficient (Wildman–Crippen LogP) is 4.51. The molecule has 1 heterocycles. The van der Waals surface area contributed by atoms with E-state index in [1.165, 1.54) is 7.11 Å². The van der Waals surface area contributed by atoms with Crippen molar-refractivity contribution in [2.45, 2.75) is 57.2 Å². The van der Waals surface area contributed by atoms with Gasteiger partial charge in [0.05, 0.1) is 23.7 Å². The second-order valence-electron chi connectivity index (χ2n) is 8.98. The minimum Gasteiger partial charge on any atom is -0.468 e. The van der Waals surface area contributed by atoms with E-state index in [0.29, 0.717) is 5.02 Å². The second-order valence-corrected chi connectivity index (χ2v) is 9.39. The van der Waals surface area contributed by atoms with E-state index in [9.17, 15) is 4.79 Å². The van der Waals surface area contributed by atoms with Gasteiger partial charge in [0.25, 0.3) is 0 Å². The molecule has 0 N–H and O–H groups in total. The van der Waals surface area contributed by atoms with Gasteiger partial charge in [0.15, 0.2) is 0 Å². The standard InChI is InChI=1S/C23H26BClO4/c1-21(2)22(3,4)29-24(28-21)17-10-11-18(19(25)14-17)15-6-8-16(9-7-15)23(12-13-23)20(26)27-5/h6-11,14H,12-13H2,1-5H3. The maximum atomic E-state index is 12.1. The molecule has 0 bridgehead atoms. The molecular formula is C23H26BClO4. The number of rotatable bonds is 4. The summed E-state index contributed by atoms with van der Waals surface area (Å²) in [5.41, 5.74) is 2.59. The van der Waals surface area contributed by atoms with Crippen molar-refractivity contribution in [1.82, 2.24) is 0 Å². The molecule has 2 fully saturated rings. The van der Waals surface area contributed by atoms with Gasteiger partial charge in [0.1, 0.15) is 0 Å². The molecule has 29 heavy (non-hydrogen) atoms. The normalized spacial score (nSPS) is 21.1. The molecule has 4 rings (SSSR count). The molecule has 6 heteroatoms. The van der Waals surface area contributed by atoms with E-state index < -0.39 is 23.7 Å². The van der Waals surface area contributed by atoms with Crippen LogP contribution in [0.15, 0.2) is 42.5 Å². The minimum atomic E-state index is -0.461. The molecule has 0 aromatic heterocycles. The van der Waals surface area contributed by atoms with Crippen molar-refractivity contribution in [2.75, 3.05) is 7.11 Å². The summed E-state index contributed by atoms with van der Waals surface area (Å²) in [6.45, 7) is 8.13. The van der Waals surface area contributed by atoms with E-state index in [4.69, 9.17) is 25.6 Å². The van der Waals surface area contributed by atoms with Crippen LogP contribution in [0.5, 0.6) is 0 Å². The number of hydrogen-bond acceptors (Lipinski definition) is 4. The topological polar surface area (TPSA) is 44.8 Å². The second kappa shape index (κ2) is 6.87. The van der Waals surface area contributed by atoms with Crippen LogP contribution >= 0.6 is 11.6 Å². The van der Waals surface area contributed by atoms with E-state index in [1.54, 1.807) is 0 Å². The van der Waals surface area contributed by atoms with Crippen molar-refractivity contribution in [3.63, 3.8) is 0 Å². The highest BCUT2D eigenvalue weighted by molar-refractivity contribution is 6.62. The third-order valence-corrected chi connectivity index (χ3v) is 6.91. The Morgan fingerprint density at radius 1 is 1.00 bits per heavy atom. The van der Waals surface area contributed by atoms with Crippen LogP contribution in [0.4, 0.5) is 0 Å². The predicted molar refractivity (Wildman–Crippen MR) is 116 cm³/mol. The average Bonchev–Trinajstić information content (AvgIpc) is 3.44. The Morgan fingerprint density at radius 3 is 2.07 bits per heavy atom. The number of benzene rings is 2. The summed E-state index contributed by atoms with van der Waals surface area (Å²) in [5.74, 6) is -0.157. The molecule has 4 nitrogen and oxygen atoms in total. The highest BCUT2D eigenvalue weighted by atomic mass is 35.5. The molecule has 1 aliphatic carbocycles. The number of halogens is 1. The zero-order valence-corrected chi connectivity index (χ0v) is 18.3. The third kappa shape index (κ3) is 3.39. The smallest absolute Gasteiger partial charge is 0.468 e. The summed E-state index contributed by atoms with van der Waals surface area (Å²) in [7, 11) is 1.00. The number of carbonyl (C=O) groups is 1. The molecule has 2 aliphatic rings. The zero-order chi connectivity index (χ0) is 21.0. The van der Waals surface area contributed by atoms with Crippen molar-refractivity contribution in [1.29, 1.82) is 0 Å². The molecule has 1 aliphatic heterocycles. The monoisotopic (exact) mass is 412 g/mol. The average molecular weight is 413 g/mol. The lowest BCUT2D eigenvalue weighted by Gasteiger charge is -2.32. The van der Waals surface area contributed by atoms with Gasteiger partial charge in [-0.2, -0.15) is 0 Å². The van der Waals surface area contributed by atoms with Crippen LogP contribution in [0.25, 0.3) is 11.1 Å². The van der Waals surface area contributed by atoms with Crippen LogP contribution in [0.1, 0.15) is 46.1 Å². The molecule has 2 aromatic carbocycles. The van der Waals surface area contributed by atoms with Gasteiger partial charge in [-0.25, -0.2) is 0 Å². The highest BCUT2D eigenvalue weighted by Gasteiger charge is 2.53. The summed E-state index contributed by atoms with van der Waals surface area (Å²) in [6, 6.07) is 13.9. The van der Waals surface area contributed by atoms with E-state index in [2.05, 4.69) is 0 Å². The first-order valence-corrected chi connectivity index (χ1v) is 10.3. The van der Waals surface area contributed by atoms with Gasteiger partial charge in [-0.3, -0.25) is 4.79 Å². The quantitative estimate of drug-likeness (QED) is 0.547. The fourth-order valence-electron chi connectivity index (χ4n) is 3.79. The first kappa shape index (κ1) is 20.5. The van der Waals surface area contributed by atoms with Crippen molar-refractivity contribution in [3.8, 4) is 11.1 Å². The van der Waals surface area contributed by atoms with Crippen LogP contribution in [0.3, 0.4) is 0 Å². The van der Waals surface area contributed by atoms with E-state index >= 15 is 0 Å². The molecule has 0 atom stereocenters. The lowest BCUT2D eigenvalue weighted by Crippen LogP contribution is -2.41. The van der Waals surface area contributed by atoms with Gasteiger partial charge in [-0.05, 0) is 63.2 Å². The first-order valence-electron chi connectivity index (χ1n) is 9.94. The Hall–Kier alpha value is -1.82. The number of esters is 1. The summed E-state index contributed by atoms with van der Waals surface area (Å²) < 4.78 is 17.2. The molecule has 0 unspecified atom stereocenters. The van der Waals surface area contributed by atoms with Gasteiger partial charge >= 0.3 is 13.1 Å². The molecule has 1 saturated heterocycles. The van der Waals surface area contributed by atoms with Crippen molar-refractivity contribution in [3.05, 3.63) is 53.1 Å². The van der Waals surface area contributed by atoms with Crippen LogP contribution in [0.2, 0.25) is 5.02 Å². The molecule has 152 valence electrons. The van der Waals surface area contributed by atoms with Gasteiger partial charge in [-0.1, -0.05) is 48.0 Å². The number of ether oxygens (including phenoxy) is 1. The number of hydrogen-bond donors (Lipinski definition) is 0. The van der Waals surface area contributed by atoms with E-state index in [0.717, 1.165) is 35.0 Å². The van der Waals surface area contributed by atoms with Gasteiger partial charge in [0, 0.05) is 10.6 Å². The first-order chi connectivity index (χ1) is 13.6. The van der Waals surface area contributed by atoms with Gasteiger partial charge < -0.3 is 14.0 Å². The number of methoxy groups -OCH3 is 1. The van der Waals surface area contributed by atoms with Crippen LogP contribution in [-0.4, -0.2) is 31.4 Å². The summed E-state index contributed by atoms with van der Waals surface area (Å²) in [4.78, 5) is 12.1. The Balaban J connectivity index is 1.57. The molecule has 0 amide bonds. The molecule has 0 spiro atoms. The van der Waals surface area contributed by atoms with Crippen molar-refractivity contribution >= 4 is 30.2 Å². The number of carbonyl (C=O) groups excluding carboxylic acids is 1. The fourth-order valence-corrected chi connectivity index (χ4v) is 4.09. The van der Waals surface area contributed by atoms with E-state index in [1.807, 2.05) is 70.2 Å². The zero-order valence-electron chi connectivity index (χ0n) is 17.5. The Morgan fingerprint density at radius 2 is 1.59 bits per heavy atom. The SMILES string of the molecule is COC(=O)C1(c2ccc(-c3ccc(B4OC(C)(C)C(C)(C)O4)cc3Cl)cc2)CC1. The maximum Gasteiger partial charge on any atom is 0.494 e. The van der Waals surface area contributed by atoms with Gasteiger partial charge in [-0.15, -0.1) is 0 Å². The van der Waals surface area contributed by atoms with Crippen LogP contribution in [-0.2, 0) is 24.3 Å². The molecule has 2 aromatic rings. The van der Waals surface area contributed by atoms with E-state index in [-0.39, 0.29) is 5.97 Å². The van der Waals surface area contributed by atoms with Gasteiger partial charge in [0.2, 0.25) is 0 Å². The lowest BCUT2D eigenvalue weighted by atomic mass is 9.78. The molecular weight excluding hydrogens is 387 g/mol. The van der Waals surface area contributed by atoms with Crippen LogP contribution in [0, 0.1) is 0 Å². The summed E-state index contributed by atoms with van der Waals surface area (Å²) in [6.07, 6.45) is 1.67. The molecule has 1 saturated carbocycles. The summed E-state index contributed by atoms with van der Waals surface area (Å²) in [5, 5.41) is 0.638. The van der Waals surface area contributed by atoms with Crippen molar-refractivity contribution < 1.29 is 18.8 Å². The largest absolute Gasteiger partial charge is 0.494 e. The third-order valence-electron chi connectivity index (χ3n) is 6.59.